The van der Waals surface area contributed by atoms with E-state index in [-0.39, 0.29) is 5.91 Å². The lowest BCUT2D eigenvalue weighted by atomic mass is 10.2. The molecule has 0 bridgehead atoms. The highest BCUT2D eigenvalue weighted by molar-refractivity contribution is 7.14. The molecule has 0 atom stereocenters. The molecule has 1 heterocycles. The molecule has 0 aliphatic rings. The molecule has 25 heavy (non-hydrogen) atoms. The van der Waals surface area contributed by atoms with E-state index >= 15 is 0 Å². The Labute approximate surface area is 149 Å². The van der Waals surface area contributed by atoms with E-state index < -0.39 is 0 Å². The van der Waals surface area contributed by atoms with Crippen molar-refractivity contribution in [2.45, 2.75) is 0 Å². The fourth-order valence-electron chi connectivity index (χ4n) is 2.15. The number of aromatic nitrogens is 1. The Morgan fingerprint density at radius 3 is 2.56 bits per heavy atom. The minimum absolute atomic E-state index is 0.229. The topological polar surface area (TPSA) is 77.2 Å². The summed E-state index contributed by atoms with van der Waals surface area (Å²) in [5.41, 5.74) is 9.01. The molecular weight excluding hydrogens is 334 g/mol. The van der Waals surface area contributed by atoms with Crippen molar-refractivity contribution in [1.82, 2.24) is 4.98 Å². The fraction of sp³-hybridized carbons (Fsp3) is 0.0526. The Balaban J connectivity index is 1.64. The minimum Gasteiger partial charge on any atom is -0.497 e. The van der Waals surface area contributed by atoms with Crippen LogP contribution >= 0.6 is 11.3 Å². The van der Waals surface area contributed by atoms with Gasteiger partial charge in [-0.25, -0.2) is 4.98 Å². The normalized spacial score (nSPS) is 10.8. The van der Waals surface area contributed by atoms with Gasteiger partial charge in [0.25, 0.3) is 0 Å². The van der Waals surface area contributed by atoms with Gasteiger partial charge in [0.2, 0.25) is 5.91 Å². The first-order valence-corrected chi connectivity index (χ1v) is 8.46. The first-order chi connectivity index (χ1) is 12.1. The molecule has 126 valence electrons. The highest BCUT2D eigenvalue weighted by Gasteiger charge is 2.06. The molecule has 1 aromatic heterocycles. The number of rotatable bonds is 5. The first kappa shape index (κ1) is 16.7. The van der Waals surface area contributed by atoms with Crippen LogP contribution in [0.1, 0.15) is 5.56 Å². The zero-order valence-electron chi connectivity index (χ0n) is 13.6. The number of hydrogen-bond donors (Lipinski definition) is 2. The third kappa shape index (κ3) is 4.45. The Hall–Kier alpha value is -3.12. The predicted molar refractivity (Wildman–Crippen MR) is 103 cm³/mol. The summed E-state index contributed by atoms with van der Waals surface area (Å²) in [6, 6.07) is 14.9. The summed E-state index contributed by atoms with van der Waals surface area (Å²) in [5, 5.41) is 5.23. The van der Waals surface area contributed by atoms with Crippen LogP contribution in [-0.2, 0) is 4.79 Å². The van der Waals surface area contributed by atoms with Crippen LogP contribution in [0.3, 0.4) is 0 Å². The monoisotopic (exact) mass is 351 g/mol. The van der Waals surface area contributed by atoms with Gasteiger partial charge in [0, 0.05) is 22.7 Å². The van der Waals surface area contributed by atoms with Crippen LogP contribution in [0.25, 0.3) is 17.3 Å². The number of amides is 1. The average molecular weight is 351 g/mol. The van der Waals surface area contributed by atoms with Crippen LogP contribution in [0.15, 0.2) is 60.0 Å². The van der Waals surface area contributed by atoms with Crippen molar-refractivity contribution in [3.05, 3.63) is 65.6 Å². The number of methoxy groups -OCH3 is 1. The summed E-state index contributed by atoms with van der Waals surface area (Å²) in [5.74, 6) is 0.563. The van der Waals surface area contributed by atoms with E-state index in [9.17, 15) is 4.79 Å². The lowest BCUT2D eigenvalue weighted by Crippen LogP contribution is -2.07. The Morgan fingerprint density at radius 2 is 1.88 bits per heavy atom. The van der Waals surface area contributed by atoms with Crippen LogP contribution in [-0.4, -0.2) is 18.0 Å². The second-order valence-corrected chi connectivity index (χ2v) is 6.11. The summed E-state index contributed by atoms with van der Waals surface area (Å²) < 4.78 is 5.14. The predicted octanol–water partition coefficient (Wildman–Crippen LogP) is 4.05. The second-order valence-electron chi connectivity index (χ2n) is 5.26. The SMILES string of the molecule is COc1ccc(-c2csc(NC(=O)/C=C/c3ccc(N)cc3)n2)cc1. The quantitative estimate of drug-likeness (QED) is 0.537. The Kier molecular flexibility index (Phi) is 5.11. The maximum absolute atomic E-state index is 12.0. The van der Waals surface area contributed by atoms with Crippen LogP contribution < -0.4 is 15.8 Å². The van der Waals surface area contributed by atoms with Crippen molar-refractivity contribution in [2.75, 3.05) is 18.2 Å². The molecule has 3 aromatic rings. The van der Waals surface area contributed by atoms with Crippen molar-refractivity contribution in [3.8, 4) is 17.0 Å². The summed E-state index contributed by atoms with van der Waals surface area (Å²) in [6.45, 7) is 0. The minimum atomic E-state index is -0.229. The number of nitrogens with one attached hydrogen (secondary N) is 1. The molecule has 3 rings (SSSR count). The molecule has 0 spiro atoms. The van der Waals surface area contributed by atoms with Gasteiger partial charge in [0.1, 0.15) is 5.75 Å². The zero-order valence-corrected chi connectivity index (χ0v) is 14.4. The van der Waals surface area contributed by atoms with Crippen molar-refractivity contribution in [2.24, 2.45) is 0 Å². The van der Waals surface area contributed by atoms with Crippen molar-refractivity contribution >= 4 is 34.1 Å². The standard InChI is InChI=1S/C19H17N3O2S/c1-24-16-9-5-14(6-10-16)17-12-25-19(21-17)22-18(23)11-4-13-2-7-15(20)8-3-13/h2-12H,20H2,1H3,(H,21,22,23)/b11-4+. The van der Waals surface area contributed by atoms with Gasteiger partial charge in [-0.05, 0) is 48.0 Å². The molecule has 3 N–H and O–H groups in total. The molecule has 0 unspecified atom stereocenters. The second kappa shape index (κ2) is 7.63. The number of carbonyl (C=O) groups is 1. The highest BCUT2D eigenvalue weighted by atomic mass is 32.1. The van der Waals surface area contributed by atoms with Crippen molar-refractivity contribution in [1.29, 1.82) is 0 Å². The van der Waals surface area contributed by atoms with Gasteiger partial charge in [0.05, 0.1) is 12.8 Å². The van der Waals surface area contributed by atoms with Crippen LogP contribution in [0.2, 0.25) is 0 Å². The smallest absolute Gasteiger partial charge is 0.250 e. The van der Waals surface area contributed by atoms with Gasteiger partial charge in [-0.3, -0.25) is 10.1 Å². The molecule has 1 amide bonds. The largest absolute Gasteiger partial charge is 0.497 e. The molecule has 5 nitrogen and oxygen atoms in total. The molecule has 0 aliphatic heterocycles. The van der Waals surface area contributed by atoms with E-state index in [0.29, 0.717) is 10.8 Å². The highest BCUT2D eigenvalue weighted by Crippen LogP contribution is 2.26. The van der Waals surface area contributed by atoms with Gasteiger partial charge in [-0.2, -0.15) is 0 Å². The number of thiazole rings is 1. The Morgan fingerprint density at radius 1 is 1.16 bits per heavy atom. The molecule has 0 aliphatic carbocycles. The fourth-order valence-corrected chi connectivity index (χ4v) is 2.87. The van der Waals surface area contributed by atoms with Gasteiger partial charge in [-0.1, -0.05) is 12.1 Å². The van der Waals surface area contributed by atoms with E-state index in [1.807, 2.05) is 41.8 Å². The third-order valence-electron chi connectivity index (χ3n) is 3.48. The zero-order chi connectivity index (χ0) is 17.6. The summed E-state index contributed by atoms with van der Waals surface area (Å²) >= 11 is 1.38. The van der Waals surface area contributed by atoms with Gasteiger partial charge in [0.15, 0.2) is 5.13 Å². The van der Waals surface area contributed by atoms with E-state index in [0.717, 1.165) is 22.6 Å². The number of anilines is 2. The number of nitrogens with two attached hydrogens (primary N) is 1. The summed E-state index contributed by atoms with van der Waals surface area (Å²) in [6.07, 6.45) is 3.20. The first-order valence-electron chi connectivity index (χ1n) is 7.58. The van der Waals surface area contributed by atoms with E-state index in [2.05, 4.69) is 10.3 Å². The number of hydrogen-bond acceptors (Lipinski definition) is 5. The maximum atomic E-state index is 12.0. The third-order valence-corrected chi connectivity index (χ3v) is 4.24. The molecule has 0 saturated heterocycles. The van der Waals surface area contributed by atoms with E-state index in [1.165, 1.54) is 17.4 Å². The summed E-state index contributed by atoms with van der Waals surface area (Å²) in [4.78, 5) is 16.4. The average Bonchev–Trinajstić information content (AvgIpc) is 3.10. The molecule has 0 fully saturated rings. The Bertz CT molecular complexity index is 884. The van der Waals surface area contributed by atoms with Crippen molar-refractivity contribution < 1.29 is 9.53 Å². The number of nitrogens with zero attached hydrogens (tertiary/aromatic N) is 1. The summed E-state index contributed by atoms with van der Waals surface area (Å²) in [7, 11) is 1.63. The van der Waals surface area contributed by atoms with Crippen molar-refractivity contribution in [3.63, 3.8) is 0 Å². The van der Waals surface area contributed by atoms with Crippen LogP contribution in [0, 0.1) is 0 Å². The molecule has 6 heteroatoms. The molecule has 0 radical (unpaired) electrons. The van der Waals surface area contributed by atoms with Crippen LogP contribution in [0.5, 0.6) is 5.75 Å². The molecule has 2 aromatic carbocycles. The van der Waals surface area contributed by atoms with E-state index in [4.69, 9.17) is 10.5 Å². The number of ether oxygens (including phenoxy) is 1. The van der Waals surface area contributed by atoms with Gasteiger partial charge in [-0.15, -0.1) is 11.3 Å². The van der Waals surface area contributed by atoms with E-state index in [1.54, 1.807) is 25.3 Å². The molecular formula is C19H17N3O2S. The molecule has 0 saturated carbocycles. The lowest BCUT2D eigenvalue weighted by Gasteiger charge is -2.00. The van der Waals surface area contributed by atoms with Crippen LogP contribution in [0.4, 0.5) is 10.8 Å². The number of nitrogen functional groups attached to an aromatic ring is 1. The van der Waals surface area contributed by atoms with Gasteiger partial charge < -0.3 is 10.5 Å². The van der Waals surface area contributed by atoms with Gasteiger partial charge >= 0.3 is 0 Å². The maximum Gasteiger partial charge on any atom is 0.250 e. The number of benzene rings is 2. The lowest BCUT2D eigenvalue weighted by molar-refractivity contribution is -0.111. The number of carbonyl (C=O) groups excluding carboxylic acids is 1.